The van der Waals surface area contributed by atoms with Gasteiger partial charge in [-0.1, -0.05) is 38.1 Å². The summed E-state index contributed by atoms with van der Waals surface area (Å²) in [6.45, 7) is 4.03. The summed E-state index contributed by atoms with van der Waals surface area (Å²) in [6.07, 6.45) is -3.48. The van der Waals surface area contributed by atoms with E-state index in [1.807, 2.05) is 55.6 Å². The van der Waals surface area contributed by atoms with Crippen molar-refractivity contribution in [1.82, 2.24) is 10.6 Å². The van der Waals surface area contributed by atoms with Crippen molar-refractivity contribution in [1.29, 1.82) is 0 Å². The van der Waals surface area contributed by atoms with E-state index in [-0.39, 0.29) is 12.8 Å². The monoisotopic (exact) mass is 446 g/mol. The van der Waals surface area contributed by atoms with Gasteiger partial charge in [0.2, 0.25) is 11.8 Å². The lowest BCUT2D eigenvalue weighted by Gasteiger charge is -2.33. The van der Waals surface area contributed by atoms with Crippen LogP contribution in [-0.2, 0) is 22.4 Å². The molecule has 32 heavy (non-hydrogen) atoms. The van der Waals surface area contributed by atoms with Crippen LogP contribution in [0.2, 0.25) is 0 Å². The molecule has 8 heteroatoms. The molecule has 2 heterocycles. The zero-order valence-electron chi connectivity index (χ0n) is 17.9. The van der Waals surface area contributed by atoms with E-state index in [0.29, 0.717) is 17.9 Å². The van der Waals surface area contributed by atoms with Crippen LogP contribution in [0.3, 0.4) is 0 Å². The van der Waals surface area contributed by atoms with E-state index in [2.05, 4.69) is 5.32 Å². The summed E-state index contributed by atoms with van der Waals surface area (Å²) in [5.41, 5.74) is 3.63. The Balaban J connectivity index is 1.65. The van der Waals surface area contributed by atoms with Gasteiger partial charge >= 0.3 is 6.18 Å². The lowest BCUT2D eigenvalue weighted by molar-refractivity contribution is -0.171. The lowest BCUT2D eigenvalue weighted by atomic mass is 9.87. The van der Waals surface area contributed by atoms with Gasteiger partial charge in [-0.05, 0) is 48.9 Å². The predicted molar refractivity (Wildman–Crippen MR) is 112 cm³/mol. The molecule has 2 aliphatic heterocycles. The summed E-state index contributed by atoms with van der Waals surface area (Å²) in [5.74, 6) is -1.40. The highest BCUT2D eigenvalue weighted by Gasteiger charge is 2.46. The van der Waals surface area contributed by atoms with Crippen molar-refractivity contribution in [2.75, 3.05) is 0 Å². The second-order valence-corrected chi connectivity index (χ2v) is 8.18. The van der Waals surface area contributed by atoms with Crippen LogP contribution in [0.4, 0.5) is 13.2 Å². The molecule has 1 fully saturated rings. The fourth-order valence-electron chi connectivity index (χ4n) is 4.41. The van der Waals surface area contributed by atoms with Crippen LogP contribution in [0.25, 0.3) is 0 Å². The highest BCUT2D eigenvalue weighted by molar-refractivity contribution is 6.01. The molecule has 3 unspecified atom stereocenters. The van der Waals surface area contributed by atoms with E-state index in [0.717, 1.165) is 28.7 Å². The maximum absolute atomic E-state index is 13.1. The molecule has 0 saturated carbocycles. The average Bonchev–Trinajstić information content (AvgIpc) is 2.77. The molecule has 4 rings (SSSR count). The number of amides is 2. The minimum Gasteiger partial charge on any atom is -0.457 e. The molecular formula is C24H25F3N2O3. The number of carbonyl (C=O) groups is 2. The van der Waals surface area contributed by atoms with Gasteiger partial charge in [-0.2, -0.15) is 13.2 Å². The summed E-state index contributed by atoms with van der Waals surface area (Å²) in [7, 11) is 0. The number of hydrogen-bond acceptors (Lipinski definition) is 3. The number of rotatable bonds is 4. The fourth-order valence-corrected chi connectivity index (χ4v) is 4.41. The summed E-state index contributed by atoms with van der Waals surface area (Å²) in [6, 6.07) is 8.98. The minimum absolute atomic E-state index is 0.158. The highest BCUT2D eigenvalue weighted by Crippen LogP contribution is 2.45. The second kappa shape index (κ2) is 8.48. The number of carbonyl (C=O) groups excluding carboxylic acids is 2. The molecule has 0 aliphatic carbocycles. The Morgan fingerprint density at radius 3 is 2.56 bits per heavy atom. The van der Waals surface area contributed by atoms with Crippen LogP contribution in [-0.4, -0.2) is 24.0 Å². The third-order valence-electron chi connectivity index (χ3n) is 6.22. The fraction of sp³-hybridized carbons (Fsp3) is 0.417. The number of ether oxygens (including phenoxy) is 1. The van der Waals surface area contributed by atoms with Crippen LogP contribution >= 0.6 is 0 Å². The van der Waals surface area contributed by atoms with Gasteiger partial charge < -0.3 is 15.4 Å². The Morgan fingerprint density at radius 2 is 1.91 bits per heavy atom. The van der Waals surface area contributed by atoms with E-state index in [1.165, 1.54) is 0 Å². The first-order valence-electron chi connectivity index (χ1n) is 10.8. The van der Waals surface area contributed by atoms with Crippen molar-refractivity contribution >= 4 is 11.8 Å². The number of alkyl halides is 3. The Hall–Kier alpha value is -3.03. The molecule has 5 nitrogen and oxygen atoms in total. The first-order valence-corrected chi connectivity index (χ1v) is 10.8. The van der Waals surface area contributed by atoms with Crippen molar-refractivity contribution < 1.29 is 27.5 Å². The van der Waals surface area contributed by atoms with Crippen LogP contribution in [0, 0.1) is 5.92 Å². The molecule has 170 valence electrons. The third-order valence-corrected chi connectivity index (χ3v) is 6.22. The number of piperidine rings is 1. The van der Waals surface area contributed by atoms with Gasteiger partial charge in [0.1, 0.15) is 23.5 Å². The average molecular weight is 446 g/mol. The predicted octanol–water partition coefficient (Wildman–Crippen LogP) is 4.58. The number of hydrogen-bond donors (Lipinski definition) is 2. The maximum Gasteiger partial charge on any atom is 0.408 e. The molecule has 3 atom stereocenters. The quantitative estimate of drug-likeness (QED) is 0.676. The largest absolute Gasteiger partial charge is 0.457 e. The summed E-state index contributed by atoms with van der Waals surface area (Å²) in [4.78, 5) is 25.4. The van der Waals surface area contributed by atoms with E-state index in [9.17, 15) is 22.8 Å². The van der Waals surface area contributed by atoms with Gasteiger partial charge in [0.15, 0.2) is 0 Å². The summed E-state index contributed by atoms with van der Waals surface area (Å²) >= 11 is 0. The molecular weight excluding hydrogens is 421 g/mol. The van der Waals surface area contributed by atoms with Gasteiger partial charge in [0.05, 0.1) is 6.04 Å². The molecule has 2 N–H and O–H groups in total. The summed E-state index contributed by atoms with van der Waals surface area (Å²) in [5, 5.41) is 4.89. The molecule has 2 amide bonds. The molecule has 0 spiro atoms. The topological polar surface area (TPSA) is 67.4 Å². The summed E-state index contributed by atoms with van der Waals surface area (Å²) < 4.78 is 45.0. The van der Waals surface area contributed by atoms with Gasteiger partial charge in [0.25, 0.3) is 0 Å². The molecule has 1 saturated heterocycles. The van der Waals surface area contributed by atoms with Gasteiger partial charge in [0, 0.05) is 11.1 Å². The zero-order valence-corrected chi connectivity index (χ0v) is 17.9. The van der Waals surface area contributed by atoms with Crippen LogP contribution in [0.15, 0.2) is 36.4 Å². The van der Waals surface area contributed by atoms with Crippen LogP contribution < -0.4 is 15.4 Å². The van der Waals surface area contributed by atoms with Crippen molar-refractivity contribution in [3.8, 4) is 11.5 Å². The molecule has 2 aromatic carbocycles. The normalized spacial score (nSPS) is 22.3. The number of halogens is 3. The standard InChI is InChI=1S/C24H25F3N2O3/c1-3-13-8-9-15-18(12-13)32-17-7-5-6-14(4-2)20(17)21(15)29-23(31)16-10-11-19(24(25,26)27)28-22(16)30/h5-9,12,16,19,21H,3-4,10-11H2,1-2H3,(H,28,30)(H,29,31). The molecule has 2 aromatic rings. The van der Waals surface area contributed by atoms with Crippen LogP contribution in [0.5, 0.6) is 11.5 Å². The first-order chi connectivity index (χ1) is 15.2. The smallest absolute Gasteiger partial charge is 0.408 e. The first kappa shape index (κ1) is 22.2. The van der Waals surface area contributed by atoms with Gasteiger partial charge in [-0.15, -0.1) is 0 Å². The van der Waals surface area contributed by atoms with Crippen molar-refractivity contribution in [2.45, 2.75) is 57.8 Å². The van der Waals surface area contributed by atoms with E-state index < -0.39 is 36.0 Å². The SMILES string of the molecule is CCc1ccc2c(c1)Oc1cccc(CC)c1C2NC(=O)C1CCC(C(F)(F)F)NC1=O. The zero-order chi connectivity index (χ0) is 23.0. The van der Waals surface area contributed by atoms with E-state index in [1.54, 1.807) is 0 Å². The minimum atomic E-state index is -4.53. The number of fused-ring (bicyclic) bond motifs is 2. The Bertz CT molecular complexity index is 1050. The Morgan fingerprint density at radius 1 is 1.12 bits per heavy atom. The third kappa shape index (κ3) is 4.06. The van der Waals surface area contributed by atoms with Crippen molar-refractivity contribution in [3.63, 3.8) is 0 Å². The molecule has 2 aliphatic rings. The Labute approximate surface area is 184 Å². The number of benzene rings is 2. The highest BCUT2D eigenvalue weighted by atomic mass is 19.4. The lowest BCUT2D eigenvalue weighted by Crippen LogP contribution is -2.54. The van der Waals surface area contributed by atoms with Crippen molar-refractivity contribution in [3.05, 3.63) is 58.7 Å². The molecule has 0 radical (unpaired) electrons. The van der Waals surface area contributed by atoms with Crippen LogP contribution in [0.1, 0.15) is 55.0 Å². The molecule has 0 aromatic heterocycles. The van der Waals surface area contributed by atoms with Gasteiger partial charge in [-0.3, -0.25) is 9.59 Å². The maximum atomic E-state index is 13.1. The Kier molecular flexibility index (Phi) is 5.88. The van der Waals surface area contributed by atoms with Gasteiger partial charge in [-0.25, -0.2) is 0 Å². The van der Waals surface area contributed by atoms with E-state index >= 15 is 0 Å². The second-order valence-electron chi connectivity index (χ2n) is 8.18. The number of aryl methyl sites for hydroxylation is 2. The number of nitrogens with one attached hydrogen (secondary N) is 2. The van der Waals surface area contributed by atoms with Crippen molar-refractivity contribution in [2.24, 2.45) is 5.92 Å². The molecule has 0 bridgehead atoms. The van der Waals surface area contributed by atoms with E-state index in [4.69, 9.17) is 4.74 Å².